The molecule has 0 aromatic heterocycles. The molecular formula is C6H12N2S4Zn. The second kappa shape index (κ2) is 15.3. The molecule has 0 spiro atoms. The summed E-state index contributed by atoms with van der Waals surface area (Å²) in [4.78, 5) is 0. The van der Waals surface area contributed by atoms with E-state index in [0.717, 1.165) is 13.1 Å². The normalized spacial score (nSPS) is 6.92. The van der Waals surface area contributed by atoms with Crippen molar-refractivity contribution >= 4 is 58.3 Å². The smallest absolute Gasteiger partial charge is 0.412 e. The van der Waals surface area contributed by atoms with E-state index in [1.54, 1.807) is 0 Å². The van der Waals surface area contributed by atoms with Crippen LogP contribution in [-0.2, 0) is 44.7 Å². The van der Waals surface area contributed by atoms with E-state index >= 15 is 0 Å². The molecule has 0 amide bonds. The quantitative estimate of drug-likeness (QED) is 0.446. The molecule has 0 aliphatic carbocycles. The van der Waals surface area contributed by atoms with Crippen LogP contribution in [0.15, 0.2) is 0 Å². The third kappa shape index (κ3) is 32.2. The first-order chi connectivity index (χ1) is 5.54. The fourth-order valence-electron chi connectivity index (χ4n) is 0.289. The zero-order valence-electron chi connectivity index (χ0n) is 7.75. The van der Waals surface area contributed by atoms with Gasteiger partial charge in [-0.3, -0.25) is 0 Å². The maximum atomic E-state index is 4.50. The molecule has 13 heavy (non-hydrogen) atoms. The molecule has 2 nitrogen and oxygen atoms in total. The first-order valence-corrected chi connectivity index (χ1v) is 5.07. The molecule has 7 heteroatoms. The van der Waals surface area contributed by atoms with E-state index in [1.165, 1.54) is 0 Å². The van der Waals surface area contributed by atoms with Crippen molar-refractivity contribution in [1.29, 1.82) is 0 Å². The molecule has 0 aliphatic heterocycles. The molecule has 0 atom stereocenters. The van der Waals surface area contributed by atoms with Crippen molar-refractivity contribution in [2.45, 2.75) is 13.8 Å². The maximum Gasteiger partial charge on any atom is 2.00 e. The van der Waals surface area contributed by atoms with Crippen molar-refractivity contribution in [3.8, 4) is 0 Å². The van der Waals surface area contributed by atoms with Crippen LogP contribution in [-0.4, -0.2) is 21.7 Å². The van der Waals surface area contributed by atoms with Crippen molar-refractivity contribution in [3.05, 3.63) is 0 Å². The van der Waals surface area contributed by atoms with E-state index in [9.17, 15) is 0 Å². The second-order valence-electron chi connectivity index (χ2n) is 1.64. The molecule has 2 N–H and O–H groups in total. The largest absolute Gasteiger partial charge is 2.00 e. The van der Waals surface area contributed by atoms with Crippen LogP contribution in [0.2, 0.25) is 0 Å². The Balaban J connectivity index is -0.000000143. The van der Waals surface area contributed by atoms with Gasteiger partial charge in [0.25, 0.3) is 0 Å². The summed E-state index contributed by atoms with van der Waals surface area (Å²) >= 11 is 18.0. The number of thiocarbonyl (C=S) groups is 2. The topological polar surface area (TPSA) is 24.1 Å². The molecule has 72 valence electrons. The molecule has 0 saturated carbocycles. The van der Waals surface area contributed by atoms with Crippen LogP contribution >= 0.6 is 24.4 Å². The molecule has 0 aromatic carbocycles. The fourth-order valence-corrected chi connectivity index (χ4v) is 0.866. The van der Waals surface area contributed by atoms with Gasteiger partial charge in [-0.2, -0.15) is 0 Å². The van der Waals surface area contributed by atoms with Crippen LogP contribution in [0.4, 0.5) is 0 Å². The monoisotopic (exact) mass is 304 g/mol. The van der Waals surface area contributed by atoms with E-state index in [0.29, 0.717) is 8.64 Å². The molecule has 0 radical (unpaired) electrons. The van der Waals surface area contributed by atoms with Gasteiger partial charge in [0, 0.05) is 13.1 Å². The van der Waals surface area contributed by atoms with Gasteiger partial charge in [0.15, 0.2) is 0 Å². The van der Waals surface area contributed by atoms with Gasteiger partial charge in [0.05, 0.1) is 0 Å². The summed E-state index contributed by atoms with van der Waals surface area (Å²) in [7, 11) is 0. The number of nitrogens with one attached hydrogen (secondary N) is 2. The van der Waals surface area contributed by atoms with Crippen LogP contribution < -0.4 is 10.6 Å². The number of rotatable bonds is 2. The Morgan fingerprint density at radius 1 is 1.00 bits per heavy atom. The van der Waals surface area contributed by atoms with Crippen molar-refractivity contribution in [3.63, 3.8) is 0 Å². The first kappa shape index (κ1) is 19.4. The average molecular weight is 306 g/mol. The van der Waals surface area contributed by atoms with Gasteiger partial charge in [0.1, 0.15) is 0 Å². The predicted molar refractivity (Wildman–Crippen MR) is 67.3 cm³/mol. The second-order valence-corrected chi connectivity index (χ2v) is 3.79. The third-order valence-electron chi connectivity index (χ3n) is 0.642. The summed E-state index contributed by atoms with van der Waals surface area (Å²) in [6, 6.07) is 0. The van der Waals surface area contributed by atoms with Crippen molar-refractivity contribution < 1.29 is 19.5 Å². The summed E-state index contributed by atoms with van der Waals surface area (Å²) in [5, 5.41) is 5.51. The van der Waals surface area contributed by atoms with Crippen molar-refractivity contribution in [2.24, 2.45) is 0 Å². The van der Waals surface area contributed by atoms with E-state index < -0.39 is 0 Å². The standard InChI is InChI=1S/2C3H7NS2.Zn/c2*1-2-4-3(5)6;/h2*2H2,1H3,(H2,4,5,6);/q;;+2/p-2. The van der Waals surface area contributed by atoms with E-state index in [2.05, 4.69) is 60.3 Å². The van der Waals surface area contributed by atoms with Crippen LogP contribution in [0.3, 0.4) is 0 Å². The summed E-state index contributed by atoms with van der Waals surface area (Å²) in [6.07, 6.45) is 0. The van der Waals surface area contributed by atoms with Gasteiger partial charge in [0.2, 0.25) is 0 Å². The minimum Gasteiger partial charge on any atom is -0.412 e. The van der Waals surface area contributed by atoms with E-state index in [4.69, 9.17) is 0 Å². The van der Waals surface area contributed by atoms with Gasteiger partial charge < -0.3 is 60.3 Å². The van der Waals surface area contributed by atoms with Crippen LogP contribution in [0.1, 0.15) is 13.8 Å². The van der Waals surface area contributed by atoms with Gasteiger partial charge in [-0.25, -0.2) is 0 Å². The summed E-state index contributed by atoms with van der Waals surface area (Å²) < 4.78 is 0.912. The maximum absolute atomic E-state index is 4.50. The zero-order valence-corrected chi connectivity index (χ0v) is 14.0. The summed E-state index contributed by atoms with van der Waals surface area (Å²) in [6.45, 7) is 5.59. The van der Waals surface area contributed by atoms with Crippen LogP contribution in [0, 0.1) is 0 Å². The van der Waals surface area contributed by atoms with Crippen molar-refractivity contribution in [1.82, 2.24) is 10.6 Å². The minimum atomic E-state index is 0. The van der Waals surface area contributed by atoms with Gasteiger partial charge in [-0.15, -0.1) is 0 Å². The molecule has 0 fully saturated rings. The zero-order chi connectivity index (χ0) is 9.98. The Hall–Kier alpha value is 0.843. The Labute approximate surface area is 115 Å². The van der Waals surface area contributed by atoms with Crippen LogP contribution in [0.25, 0.3) is 0 Å². The number of hydrogen-bond acceptors (Lipinski definition) is 4. The van der Waals surface area contributed by atoms with E-state index in [-0.39, 0.29) is 19.5 Å². The summed E-state index contributed by atoms with van der Waals surface area (Å²) in [5.74, 6) is 0. The van der Waals surface area contributed by atoms with Gasteiger partial charge in [-0.05, 0) is 13.8 Å². The van der Waals surface area contributed by atoms with E-state index in [1.807, 2.05) is 13.8 Å². The number of hydrogen-bond donors (Lipinski definition) is 2. The molecule has 0 aliphatic rings. The van der Waals surface area contributed by atoms with Gasteiger partial charge in [-0.1, -0.05) is 8.64 Å². The third-order valence-corrected chi connectivity index (χ3v) is 1.22. The van der Waals surface area contributed by atoms with Gasteiger partial charge >= 0.3 is 19.5 Å². The average Bonchev–Trinajstić information content (AvgIpc) is 1.87. The minimum absolute atomic E-state index is 0. The summed E-state index contributed by atoms with van der Waals surface area (Å²) in [5.41, 5.74) is 0. The molecule has 0 aromatic rings. The SMILES string of the molecule is CCNC(=S)[S-].CCNC(=S)[S-].[Zn+2]. The molecule has 0 rings (SSSR count). The molecular weight excluding hydrogens is 294 g/mol. The molecule has 0 heterocycles. The van der Waals surface area contributed by atoms with Crippen LogP contribution in [0.5, 0.6) is 0 Å². The Kier molecular flexibility index (Phi) is 22.9. The first-order valence-electron chi connectivity index (χ1n) is 3.44. The fraction of sp³-hybridized carbons (Fsp3) is 0.667. The Morgan fingerprint density at radius 2 is 1.23 bits per heavy atom. The Bertz CT molecular complexity index is 127. The molecule has 0 bridgehead atoms. The molecule has 0 unspecified atom stereocenters. The van der Waals surface area contributed by atoms with Crippen molar-refractivity contribution in [2.75, 3.05) is 13.1 Å². The molecule has 0 saturated heterocycles. The Morgan fingerprint density at radius 3 is 1.23 bits per heavy atom. The predicted octanol–water partition coefficient (Wildman–Crippen LogP) is 0.853.